The first kappa shape index (κ1) is 15.1. The van der Waals surface area contributed by atoms with E-state index in [1.165, 1.54) is 28.0 Å². The van der Waals surface area contributed by atoms with Crippen LogP contribution in [0.3, 0.4) is 0 Å². The lowest BCUT2D eigenvalue weighted by molar-refractivity contribution is 0.596. The molecule has 1 aromatic carbocycles. The van der Waals surface area contributed by atoms with Crippen molar-refractivity contribution in [1.82, 2.24) is 14.6 Å². The Morgan fingerprint density at radius 2 is 1.83 bits per heavy atom. The Labute approximate surface area is 141 Å². The lowest BCUT2D eigenvalue weighted by Gasteiger charge is -2.35. The molecule has 0 aliphatic carbocycles. The van der Waals surface area contributed by atoms with Crippen LogP contribution in [0.25, 0.3) is 4.96 Å². The van der Waals surface area contributed by atoms with Gasteiger partial charge < -0.3 is 9.80 Å². The molecule has 0 unspecified atom stereocenters. The average molecular weight is 345 g/mol. The van der Waals surface area contributed by atoms with Crippen molar-refractivity contribution in [3.8, 4) is 0 Å². The van der Waals surface area contributed by atoms with Crippen LogP contribution in [0, 0.1) is 12.7 Å². The van der Waals surface area contributed by atoms with Crippen molar-refractivity contribution in [3.63, 3.8) is 0 Å². The molecule has 6 nitrogen and oxygen atoms in total. The van der Waals surface area contributed by atoms with Crippen LogP contribution in [0.5, 0.6) is 0 Å². The number of hydrogen-bond acceptors (Lipinski definition) is 6. The number of rotatable bonds is 2. The van der Waals surface area contributed by atoms with Gasteiger partial charge in [0.25, 0.3) is 5.56 Å². The van der Waals surface area contributed by atoms with Crippen molar-refractivity contribution >= 4 is 27.1 Å². The molecule has 0 N–H and O–H groups in total. The summed E-state index contributed by atoms with van der Waals surface area (Å²) in [5, 5.41) is 5.16. The van der Waals surface area contributed by atoms with Crippen molar-refractivity contribution in [2.45, 2.75) is 6.92 Å². The van der Waals surface area contributed by atoms with E-state index in [0.717, 1.165) is 18.2 Å². The first-order valence-electron chi connectivity index (χ1n) is 7.74. The van der Waals surface area contributed by atoms with E-state index in [4.69, 9.17) is 0 Å². The van der Waals surface area contributed by atoms with E-state index in [2.05, 4.69) is 15.0 Å². The maximum atomic E-state index is 13.9. The van der Waals surface area contributed by atoms with Gasteiger partial charge in [-0.25, -0.2) is 9.37 Å². The maximum absolute atomic E-state index is 13.9. The van der Waals surface area contributed by atoms with Gasteiger partial charge in [0.2, 0.25) is 10.1 Å². The van der Waals surface area contributed by atoms with Crippen molar-refractivity contribution < 1.29 is 4.39 Å². The topological polar surface area (TPSA) is 53.7 Å². The van der Waals surface area contributed by atoms with Gasteiger partial charge in [0.05, 0.1) is 5.69 Å². The molecule has 0 radical (unpaired) electrons. The summed E-state index contributed by atoms with van der Waals surface area (Å²) in [4.78, 5) is 21.1. The lowest BCUT2D eigenvalue weighted by Crippen LogP contribution is -2.46. The highest BCUT2D eigenvalue weighted by Crippen LogP contribution is 2.25. The van der Waals surface area contributed by atoms with E-state index in [-0.39, 0.29) is 11.4 Å². The molecule has 1 aliphatic heterocycles. The summed E-state index contributed by atoms with van der Waals surface area (Å²) in [6.07, 6.45) is 0. The highest BCUT2D eigenvalue weighted by atomic mass is 32.1. The van der Waals surface area contributed by atoms with Gasteiger partial charge >= 0.3 is 0 Å². The molecular formula is C16H16FN5OS. The van der Waals surface area contributed by atoms with Gasteiger partial charge in [0, 0.05) is 37.9 Å². The molecule has 3 aromatic rings. The molecule has 1 saturated heterocycles. The quantitative estimate of drug-likeness (QED) is 0.710. The minimum absolute atomic E-state index is 0.162. The Kier molecular flexibility index (Phi) is 3.68. The normalized spacial score (nSPS) is 15.2. The first-order valence-corrected chi connectivity index (χ1v) is 8.55. The summed E-state index contributed by atoms with van der Waals surface area (Å²) >= 11 is 1.41. The third-order valence-electron chi connectivity index (χ3n) is 4.11. The summed E-state index contributed by atoms with van der Waals surface area (Å²) in [6, 6.07) is 8.30. The fourth-order valence-corrected chi connectivity index (χ4v) is 3.89. The minimum Gasteiger partial charge on any atom is -0.366 e. The van der Waals surface area contributed by atoms with Gasteiger partial charge in [-0.1, -0.05) is 23.5 Å². The lowest BCUT2D eigenvalue weighted by atomic mass is 10.2. The standard InChI is InChI=1S/C16H16FN5OS/c1-11-10-14(23)22-15(18-11)24-16(19-22)21-8-6-20(7-9-21)13-5-3-2-4-12(13)17/h2-5,10H,6-9H2,1H3. The number of halogens is 1. The molecule has 1 aliphatic rings. The smallest absolute Gasteiger partial charge is 0.275 e. The van der Waals surface area contributed by atoms with Gasteiger partial charge in [0.1, 0.15) is 5.82 Å². The van der Waals surface area contributed by atoms with Gasteiger partial charge in [-0.3, -0.25) is 4.79 Å². The van der Waals surface area contributed by atoms with Crippen LogP contribution in [0.15, 0.2) is 35.1 Å². The predicted molar refractivity (Wildman–Crippen MR) is 92.7 cm³/mol. The van der Waals surface area contributed by atoms with Crippen LogP contribution < -0.4 is 15.4 Å². The van der Waals surface area contributed by atoms with E-state index in [0.29, 0.717) is 29.4 Å². The summed E-state index contributed by atoms with van der Waals surface area (Å²) in [6.45, 7) is 4.66. The van der Waals surface area contributed by atoms with E-state index in [1.54, 1.807) is 19.1 Å². The van der Waals surface area contributed by atoms with Crippen LogP contribution >= 0.6 is 11.3 Å². The molecule has 1 fully saturated rings. The van der Waals surface area contributed by atoms with E-state index in [9.17, 15) is 9.18 Å². The van der Waals surface area contributed by atoms with E-state index < -0.39 is 0 Å². The van der Waals surface area contributed by atoms with Crippen LogP contribution in [0.2, 0.25) is 0 Å². The molecule has 124 valence electrons. The highest BCUT2D eigenvalue weighted by Gasteiger charge is 2.22. The fourth-order valence-electron chi connectivity index (χ4n) is 2.88. The van der Waals surface area contributed by atoms with Gasteiger partial charge in [-0.15, -0.1) is 5.10 Å². The molecule has 2 aromatic heterocycles. The molecule has 24 heavy (non-hydrogen) atoms. The van der Waals surface area contributed by atoms with Crippen molar-refractivity contribution in [1.29, 1.82) is 0 Å². The first-order chi connectivity index (χ1) is 11.6. The summed E-state index contributed by atoms with van der Waals surface area (Å²) < 4.78 is 15.2. The maximum Gasteiger partial charge on any atom is 0.275 e. The van der Waals surface area contributed by atoms with Gasteiger partial charge in [-0.05, 0) is 19.1 Å². The van der Waals surface area contributed by atoms with Crippen molar-refractivity contribution in [2.75, 3.05) is 36.0 Å². The molecule has 3 heterocycles. The number of aryl methyl sites for hydroxylation is 1. The second-order valence-corrected chi connectivity index (χ2v) is 6.67. The van der Waals surface area contributed by atoms with Crippen molar-refractivity contribution in [3.05, 3.63) is 52.2 Å². The van der Waals surface area contributed by atoms with Gasteiger partial charge in [-0.2, -0.15) is 4.52 Å². The van der Waals surface area contributed by atoms with E-state index in [1.807, 2.05) is 11.0 Å². The second-order valence-electron chi connectivity index (χ2n) is 5.74. The number of hydrogen-bond donors (Lipinski definition) is 0. The van der Waals surface area contributed by atoms with Crippen molar-refractivity contribution in [2.24, 2.45) is 0 Å². The third-order valence-corrected chi connectivity index (χ3v) is 5.07. The minimum atomic E-state index is -0.197. The third kappa shape index (κ3) is 2.62. The summed E-state index contributed by atoms with van der Waals surface area (Å²) in [5.74, 6) is -0.197. The zero-order valence-electron chi connectivity index (χ0n) is 13.1. The van der Waals surface area contributed by atoms with Crippen LogP contribution in [-0.2, 0) is 0 Å². The second kappa shape index (κ2) is 5.86. The fraction of sp³-hybridized carbons (Fsp3) is 0.312. The highest BCUT2D eigenvalue weighted by molar-refractivity contribution is 7.20. The van der Waals surface area contributed by atoms with E-state index >= 15 is 0 Å². The monoisotopic (exact) mass is 345 g/mol. The molecule has 4 rings (SSSR count). The number of piperazine rings is 1. The number of aromatic nitrogens is 3. The molecule has 0 spiro atoms. The molecule has 0 bridgehead atoms. The molecule has 0 saturated carbocycles. The molecule has 0 atom stereocenters. The Bertz CT molecular complexity index is 945. The zero-order chi connectivity index (χ0) is 16.7. The molecule has 0 amide bonds. The SMILES string of the molecule is Cc1cc(=O)n2nc(N3CCN(c4ccccc4F)CC3)sc2n1. The number of para-hydroxylation sites is 1. The Morgan fingerprint density at radius 1 is 1.12 bits per heavy atom. The summed E-state index contributed by atoms with van der Waals surface area (Å²) in [5.41, 5.74) is 1.17. The van der Waals surface area contributed by atoms with Crippen LogP contribution in [0.4, 0.5) is 15.2 Å². The van der Waals surface area contributed by atoms with Gasteiger partial charge in [0.15, 0.2) is 0 Å². The Balaban J connectivity index is 1.55. The Morgan fingerprint density at radius 3 is 2.58 bits per heavy atom. The van der Waals surface area contributed by atoms with Crippen LogP contribution in [0.1, 0.15) is 5.69 Å². The molecule has 8 heteroatoms. The number of fused-ring (bicyclic) bond motifs is 1. The molecular weight excluding hydrogens is 329 g/mol. The Hall–Kier alpha value is -2.48. The summed E-state index contributed by atoms with van der Waals surface area (Å²) in [7, 11) is 0. The predicted octanol–water partition coefficient (Wildman–Crippen LogP) is 1.93. The number of nitrogens with zero attached hydrogens (tertiary/aromatic N) is 5. The number of benzene rings is 1. The number of anilines is 2. The largest absolute Gasteiger partial charge is 0.366 e. The van der Waals surface area contributed by atoms with Crippen LogP contribution in [-0.4, -0.2) is 40.8 Å². The average Bonchev–Trinajstić information content (AvgIpc) is 3.00. The zero-order valence-corrected chi connectivity index (χ0v) is 14.0.